The van der Waals surface area contributed by atoms with Crippen LogP contribution in [-0.4, -0.2) is 31.9 Å². The van der Waals surface area contributed by atoms with Crippen LogP contribution in [0, 0.1) is 5.41 Å². The predicted octanol–water partition coefficient (Wildman–Crippen LogP) is 4.25. The Balaban J connectivity index is 1.56. The number of H-pyrrole nitrogens is 1. The van der Waals surface area contributed by atoms with E-state index < -0.39 is 5.41 Å². The minimum Gasteiger partial charge on any atom is -0.344 e. The number of fused-ring (bicyclic) bond motifs is 1. The average Bonchev–Trinajstić information content (AvgIpc) is 3.24. The number of imide groups is 1. The van der Waals surface area contributed by atoms with Crippen molar-refractivity contribution >= 4 is 57.4 Å². The Morgan fingerprint density at radius 3 is 2.53 bits per heavy atom. The lowest BCUT2D eigenvalue weighted by Crippen LogP contribution is -2.20. The van der Waals surface area contributed by atoms with Crippen molar-refractivity contribution < 1.29 is 14.4 Å². The second-order valence-electron chi connectivity index (χ2n) is 7.83. The molecule has 1 aliphatic heterocycles. The summed E-state index contributed by atoms with van der Waals surface area (Å²) in [4.78, 5) is 47.8. The van der Waals surface area contributed by atoms with Crippen LogP contribution in [0.3, 0.4) is 0 Å². The molecule has 1 fully saturated rings. The summed E-state index contributed by atoms with van der Waals surface area (Å²) in [6, 6.07) is 7.30. The van der Waals surface area contributed by atoms with E-state index in [4.69, 9.17) is 0 Å². The van der Waals surface area contributed by atoms with Crippen molar-refractivity contribution in [3.05, 3.63) is 52.7 Å². The minimum atomic E-state index is -0.524. The van der Waals surface area contributed by atoms with Gasteiger partial charge in [-0.05, 0) is 35.5 Å². The van der Waals surface area contributed by atoms with Crippen LogP contribution in [0.2, 0.25) is 0 Å². The highest BCUT2D eigenvalue weighted by molar-refractivity contribution is 8.18. The number of rotatable bonds is 4. The lowest BCUT2D eigenvalue weighted by molar-refractivity contribution is -0.115. The molecule has 3 N–H and O–H groups in total. The Bertz CT molecular complexity index is 1210. The summed E-state index contributed by atoms with van der Waals surface area (Å²) in [5, 5.41) is 5.03. The maximum Gasteiger partial charge on any atom is 0.290 e. The van der Waals surface area contributed by atoms with E-state index in [1.807, 2.05) is 45.0 Å². The van der Waals surface area contributed by atoms with Gasteiger partial charge >= 0.3 is 0 Å². The smallest absolute Gasteiger partial charge is 0.290 e. The highest BCUT2D eigenvalue weighted by atomic mass is 32.2. The third-order valence-electron chi connectivity index (χ3n) is 4.43. The molecule has 0 aliphatic carbocycles. The van der Waals surface area contributed by atoms with Crippen LogP contribution in [-0.2, 0) is 4.79 Å². The Kier molecular flexibility index (Phi) is 4.90. The molecule has 0 saturated carbocycles. The van der Waals surface area contributed by atoms with E-state index in [0.29, 0.717) is 27.5 Å². The summed E-state index contributed by atoms with van der Waals surface area (Å²) in [6.45, 7) is 5.60. The van der Waals surface area contributed by atoms with Crippen LogP contribution in [0.15, 0.2) is 41.6 Å². The molecule has 152 valence electrons. The number of nitrogens with zero attached hydrogens (tertiary/aromatic N) is 2. The first kappa shape index (κ1) is 19.8. The first-order valence-electron chi connectivity index (χ1n) is 9.21. The van der Waals surface area contributed by atoms with Gasteiger partial charge in [-0.15, -0.1) is 0 Å². The number of anilines is 2. The van der Waals surface area contributed by atoms with Crippen molar-refractivity contribution in [3.63, 3.8) is 0 Å². The number of aromatic nitrogens is 3. The molecule has 0 radical (unpaired) electrons. The molecule has 8 nitrogen and oxygen atoms in total. The molecule has 0 atom stereocenters. The van der Waals surface area contributed by atoms with Crippen molar-refractivity contribution in [2.24, 2.45) is 5.41 Å². The number of amides is 2. The highest BCUT2D eigenvalue weighted by Gasteiger charge is 2.26. The highest BCUT2D eigenvalue weighted by Crippen LogP contribution is 2.28. The summed E-state index contributed by atoms with van der Waals surface area (Å²) >= 11 is 0.880. The van der Waals surface area contributed by atoms with Gasteiger partial charge < -0.3 is 10.3 Å². The molecule has 1 aromatic carbocycles. The molecule has 0 spiro atoms. The van der Waals surface area contributed by atoms with Crippen molar-refractivity contribution in [2.75, 3.05) is 5.32 Å². The molecule has 1 saturated heterocycles. The number of carbonyl (C=O) groups is 3. The van der Waals surface area contributed by atoms with Gasteiger partial charge in [0.15, 0.2) is 11.4 Å². The number of thioether (sulfide) groups is 1. The second kappa shape index (κ2) is 7.42. The second-order valence-corrected chi connectivity index (χ2v) is 8.85. The van der Waals surface area contributed by atoms with Gasteiger partial charge in [0.25, 0.3) is 11.1 Å². The van der Waals surface area contributed by atoms with Gasteiger partial charge in [0.2, 0.25) is 0 Å². The molecule has 4 rings (SSSR count). The standard InChI is InChI=1S/C21H19N5O3S/c1-21(2,3)17(27)13-9-22-18-16(13)25-15(10-23-18)24-12-6-4-11(5-7-12)8-14-19(28)26-20(29)30-14/h4-10H,1-3H3,(H,22,23)(H,24,25)(H,26,28,29). The summed E-state index contributed by atoms with van der Waals surface area (Å²) in [5.74, 6) is 0.111. The van der Waals surface area contributed by atoms with E-state index in [-0.39, 0.29) is 16.9 Å². The third kappa shape index (κ3) is 3.97. The molecule has 3 heterocycles. The van der Waals surface area contributed by atoms with Crippen LogP contribution < -0.4 is 10.6 Å². The Morgan fingerprint density at radius 1 is 1.17 bits per heavy atom. The van der Waals surface area contributed by atoms with Gasteiger partial charge in [-0.25, -0.2) is 9.97 Å². The summed E-state index contributed by atoms with van der Waals surface area (Å²) in [7, 11) is 0. The Morgan fingerprint density at radius 2 is 1.90 bits per heavy atom. The van der Waals surface area contributed by atoms with Gasteiger partial charge in [-0.2, -0.15) is 0 Å². The lowest BCUT2D eigenvalue weighted by Gasteiger charge is -2.15. The molecule has 30 heavy (non-hydrogen) atoms. The van der Waals surface area contributed by atoms with Gasteiger partial charge in [0.05, 0.1) is 16.7 Å². The topological polar surface area (TPSA) is 117 Å². The lowest BCUT2D eigenvalue weighted by atomic mass is 9.87. The molecule has 0 unspecified atom stereocenters. The fourth-order valence-corrected chi connectivity index (χ4v) is 3.59. The molecule has 9 heteroatoms. The maximum atomic E-state index is 12.7. The van der Waals surface area contributed by atoms with Gasteiger partial charge in [0.1, 0.15) is 11.3 Å². The first-order valence-corrected chi connectivity index (χ1v) is 10.0. The van der Waals surface area contributed by atoms with E-state index in [0.717, 1.165) is 23.0 Å². The van der Waals surface area contributed by atoms with Crippen molar-refractivity contribution in [1.82, 2.24) is 20.3 Å². The van der Waals surface area contributed by atoms with Crippen LogP contribution in [0.4, 0.5) is 16.3 Å². The number of ketones is 1. The number of hydrogen-bond donors (Lipinski definition) is 3. The zero-order valence-corrected chi connectivity index (χ0v) is 17.4. The van der Waals surface area contributed by atoms with E-state index in [9.17, 15) is 14.4 Å². The number of Topliss-reactive ketones (excluding diaryl/α,β-unsaturated/α-hetero) is 1. The van der Waals surface area contributed by atoms with Gasteiger partial charge in [0, 0.05) is 17.3 Å². The minimum absolute atomic E-state index is 0.00936. The fraction of sp³-hybridized carbons (Fsp3) is 0.190. The number of benzene rings is 1. The molecular formula is C21H19N5O3S. The largest absolute Gasteiger partial charge is 0.344 e. The zero-order chi connectivity index (χ0) is 21.5. The molecule has 3 aromatic rings. The fourth-order valence-electron chi connectivity index (χ4n) is 2.91. The normalized spacial score (nSPS) is 15.6. The van der Waals surface area contributed by atoms with Crippen LogP contribution in [0.5, 0.6) is 0 Å². The Hall–Kier alpha value is -3.46. The summed E-state index contributed by atoms with van der Waals surface area (Å²) in [6.07, 6.45) is 4.89. The molecule has 1 aliphatic rings. The van der Waals surface area contributed by atoms with E-state index in [1.54, 1.807) is 18.5 Å². The molecular weight excluding hydrogens is 402 g/mol. The monoisotopic (exact) mass is 421 g/mol. The zero-order valence-electron chi connectivity index (χ0n) is 16.6. The molecule has 2 aromatic heterocycles. The summed E-state index contributed by atoms with van der Waals surface area (Å²) in [5.41, 5.74) is 2.62. The van der Waals surface area contributed by atoms with Crippen LogP contribution >= 0.6 is 11.8 Å². The van der Waals surface area contributed by atoms with Crippen molar-refractivity contribution in [3.8, 4) is 0 Å². The van der Waals surface area contributed by atoms with Crippen LogP contribution in [0.25, 0.3) is 17.2 Å². The number of hydrogen-bond acceptors (Lipinski definition) is 7. The maximum absolute atomic E-state index is 12.7. The van der Waals surface area contributed by atoms with E-state index in [1.165, 1.54) is 0 Å². The SMILES string of the molecule is CC(C)(C)C(=O)c1c[nH]c2ncc(Nc3ccc(C=C4SC(=O)NC4=O)cc3)nc12. The Labute approximate surface area is 176 Å². The van der Waals surface area contributed by atoms with Gasteiger partial charge in [-0.3, -0.25) is 19.7 Å². The van der Waals surface area contributed by atoms with E-state index >= 15 is 0 Å². The average molecular weight is 421 g/mol. The number of nitrogens with one attached hydrogen (secondary N) is 3. The number of aromatic amines is 1. The third-order valence-corrected chi connectivity index (χ3v) is 5.24. The quantitative estimate of drug-likeness (QED) is 0.426. The summed E-state index contributed by atoms with van der Waals surface area (Å²) < 4.78 is 0. The molecule has 2 amide bonds. The van der Waals surface area contributed by atoms with E-state index in [2.05, 4.69) is 25.6 Å². The first-order chi connectivity index (χ1) is 14.2. The van der Waals surface area contributed by atoms with Crippen LogP contribution in [0.1, 0.15) is 36.7 Å². The van der Waals surface area contributed by atoms with Crippen molar-refractivity contribution in [2.45, 2.75) is 20.8 Å². The van der Waals surface area contributed by atoms with Gasteiger partial charge in [-0.1, -0.05) is 32.9 Å². The predicted molar refractivity (Wildman–Crippen MR) is 117 cm³/mol. The molecule has 0 bridgehead atoms. The number of carbonyl (C=O) groups excluding carboxylic acids is 3. The van der Waals surface area contributed by atoms with Crippen molar-refractivity contribution in [1.29, 1.82) is 0 Å².